The molecule has 0 unspecified atom stereocenters. The largest absolute Gasteiger partial charge is 0.412 e. The summed E-state index contributed by atoms with van der Waals surface area (Å²) in [7, 11) is 0. The van der Waals surface area contributed by atoms with Crippen LogP contribution in [0.25, 0.3) is 0 Å². The smallest absolute Gasteiger partial charge is 0.254 e. The third kappa shape index (κ3) is 12.7. The summed E-state index contributed by atoms with van der Waals surface area (Å²) in [5, 5.41) is 2.07. The molecule has 0 bridgehead atoms. The minimum atomic E-state index is -0.158. The van der Waals surface area contributed by atoms with Crippen LogP contribution in [0.3, 0.4) is 0 Å². The number of piperidine rings is 2. The van der Waals surface area contributed by atoms with Crippen molar-refractivity contribution in [2.75, 3.05) is 88.5 Å². The van der Waals surface area contributed by atoms with E-state index in [1.807, 2.05) is 12.1 Å². The minimum Gasteiger partial charge on any atom is -0.412 e. The Hall–Kier alpha value is -3.58. The van der Waals surface area contributed by atoms with Crippen molar-refractivity contribution in [3.63, 3.8) is 0 Å². The van der Waals surface area contributed by atoms with Gasteiger partial charge < -0.3 is 15.3 Å². The van der Waals surface area contributed by atoms with Gasteiger partial charge in [0.25, 0.3) is 23.6 Å². The average Bonchev–Trinajstić information content (AvgIpc) is 3.87. The van der Waals surface area contributed by atoms with Crippen molar-refractivity contribution in [1.29, 1.82) is 0 Å². The lowest BCUT2D eigenvalue weighted by Gasteiger charge is -2.36. The van der Waals surface area contributed by atoms with Crippen LogP contribution in [0.1, 0.15) is 89.9 Å². The van der Waals surface area contributed by atoms with Crippen molar-refractivity contribution in [2.45, 2.75) is 89.9 Å². The fourth-order valence-corrected chi connectivity index (χ4v) is 9.36. The van der Waals surface area contributed by atoms with Crippen LogP contribution in [-0.4, -0.2) is 148 Å². The Morgan fingerprint density at radius 1 is 0.492 bits per heavy atom. The van der Waals surface area contributed by atoms with Crippen molar-refractivity contribution in [1.82, 2.24) is 39.9 Å². The Morgan fingerprint density at radius 2 is 0.797 bits per heavy atom. The van der Waals surface area contributed by atoms with Gasteiger partial charge in [-0.3, -0.25) is 38.7 Å². The van der Waals surface area contributed by atoms with Crippen LogP contribution in [0.2, 0.25) is 0 Å². The highest BCUT2D eigenvalue weighted by Gasteiger charge is 2.47. The number of hydroxylamine groups is 4. The van der Waals surface area contributed by atoms with E-state index in [1.165, 1.54) is 0 Å². The van der Waals surface area contributed by atoms with Crippen LogP contribution < -0.4 is 9.80 Å². The van der Waals surface area contributed by atoms with E-state index in [2.05, 4.69) is 39.5 Å². The number of carbonyl (C=O) groups is 4. The highest BCUT2D eigenvalue weighted by molar-refractivity contribution is 5.98. The molecule has 59 heavy (non-hydrogen) atoms. The molecule has 19 heteroatoms. The maximum atomic E-state index is 12.4. The predicted octanol–water partition coefficient (Wildman–Crippen LogP) is 3.28. The highest BCUT2D eigenvalue weighted by Crippen LogP contribution is 2.48. The summed E-state index contributed by atoms with van der Waals surface area (Å²) >= 11 is 0. The van der Waals surface area contributed by atoms with E-state index in [4.69, 9.17) is 9.68 Å². The summed E-state index contributed by atoms with van der Waals surface area (Å²) in [6.45, 7) is 9.96. The Labute approximate surface area is 359 Å². The molecule has 6 fully saturated rings. The second-order valence-corrected chi connectivity index (χ2v) is 16.4. The summed E-state index contributed by atoms with van der Waals surface area (Å²) < 4.78 is 0. The zero-order valence-corrected chi connectivity index (χ0v) is 35.7. The normalized spacial score (nSPS) is 21.8. The highest BCUT2D eigenvalue weighted by atomic mass is 35.5. The summed E-state index contributed by atoms with van der Waals surface area (Å²) in [5.74, 6) is 0.939. The molecule has 2 N–H and O–H groups in total. The summed E-state index contributed by atoms with van der Waals surface area (Å²) in [4.78, 5) is 87.0. The van der Waals surface area contributed by atoms with Gasteiger partial charge >= 0.3 is 0 Å². The Bertz CT molecular complexity index is 1460. The second kappa shape index (κ2) is 22.9. The van der Waals surface area contributed by atoms with E-state index in [1.54, 1.807) is 24.8 Å². The lowest BCUT2D eigenvalue weighted by Crippen LogP contribution is -2.48. The lowest BCUT2D eigenvalue weighted by atomic mass is 9.77. The van der Waals surface area contributed by atoms with E-state index in [-0.39, 0.29) is 64.7 Å². The van der Waals surface area contributed by atoms with E-state index < -0.39 is 0 Å². The van der Waals surface area contributed by atoms with Gasteiger partial charge in [0.2, 0.25) is 11.9 Å². The SMILES string of the molecule is Cl.Cl.O.O=C1CC2(CCCC2)CC(=O)N1OCCCN1CCN(c2ncccn2)CC1.O=C1CC2(CCCC2)CC(=O)N1OCCCN1CCN(c2ncccn2)CC1. The maximum Gasteiger partial charge on any atom is 0.254 e. The number of hydrogen-bond acceptors (Lipinski definition) is 14. The third-order valence-corrected chi connectivity index (χ3v) is 12.4. The first-order valence-electron chi connectivity index (χ1n) is 20.8. The molecule has 2 aromatic heterocycles. The predicted molar refractivity (Wildman–Crippen MR) is 225 cm³/mol. The van der Waals surface area contributed by atoms with Crippen LogP contribution in [0, 0.1) is 10.8 Å². The van der Waals surface area contributed by atoms with E-state index in [0.717, 1.165) is 152 Å². The van der Waals surface area contributed by atoms with E-state index in [0.29, 0.717) is 38.9 Å². The molecule has 328 valence electrons. The molecule has 8 rings (SSSR count). The zero-order chi connectivity index (χ0) is 38.8. The van der Waals surface area contributed by atoms with Crippen molar-refractivity contribution in [3.8, 4) is 0 Å². The van der Waals surface area contributed by atoms with Crippen LogP contribution in [0.15, 0.2) is 36.9 Å². The van der Waals surface area contributed by atoms with Crippen molar-refractivity contribution in [2.24, 2.45) is 10.8 Å². The molecule has 4 amide bonds. The first kappa shape index (κ1) is 48.1. The molecule has 2 aromatic rings. The summed E-state index contributed by atoms with van der Waals surface area (Å²) in [6.07, 6.45) is 19.0. The Kier molecular flexibility index (Phi) is 18.6. The molecule has 0 aromatic carbocycles. The molecule has 2 saturated carbocycles. The maximum absolute atomic E-state index is 12.4. The number of aromatic nitrogens is 4. The number of halogens is 2. The number of anilines is 2. The van der Waals surface area contributed by atoms with Gasteiger partial charge in [0.15, 0.2) is 0 Å². The van der Waals surface area contributed by atoms with Gasteiger partial charge in [0.05, 0.1) is 13.2 Å². The van der Waals surface area contributed by atoms with Crippen molar-refractivity contribution < 1.29 is 34.3 Å². The molecule has 0 atom stereocenters. The number of imide groups is 2. The molecule has 6 heterocycles. The monoisotopic (exact) mass is 864 g/mol. The third-order valence-electron chi connectivity index (χ3n) is 12.4. The summed E-state index contributed by atoms with van der Waals surface area (Å²) in [5.41, 5.74) is -0.146. The van der Waals surface area contributed by atoms with Gasteiger partial charge in [-0.25, -0.2) is 19.9 Å². The van der Waals surface area contributed by atoms with E-state index in [9.17, 15) is 19.2 Å². The van der Waals surface area contributed by atoms with Gasteiger partial charge in [-0.2, -0.15) is 10.1 Å². The van der Waals surface area contributed by atoms with E-state index >= 15 is 0 Å². The molecule has 0 radical (unpaired) electrons. The summed E-state index contributed by atoms with van der Waals surface area (Å²) in [6, 6.07) is 3.65. The van der Waals surface area contributed by atoms with Crippen LogP contribution >= 0.6 is 24.8 Å². The molecule has 4 aliphatic heterocycles. The van der Waals surface area contributed by atoms with Crippen LogP contribution in [0.5, 0.6) is 0 Å². The van der Waals surface area contributed by atoms with Gasteiger partial charge in [0.1, 0.15) is 0 Å². The fraction of sp³-hybridized carbons (Fsp3) is 0.700. The Morgan fingerprint density at radius 3 is 1.10 bits per heavy atom. The number of piperazine rings is 2. The first-order valence-corrected chi connectivity index (χ1v) is 20.8. The zero-order valence-electron chi connectivity index (χ0n) is 34.1. The number of nitrogens with zero attached hydrogens (tertiary/aromatic N) is 10. The average molecular weight is 866 g/mol. The molecular weight excluding hydrogens is 803 g/mol. The number of amides is 4. The molecule has 4 saturated heterocycles. The van der Waals surface area contributed by atoms with Crippen molar-refractivity contribution >= 4 is 60.3 Å². The van der Waals surface area contributed by atoms with Gasteiger partial charge in [0, 0.05) is 116 Å². The lowest BCUT2D eigenvalue weighted by molar-refractivity contribution is -0.206. The molecular formula is C40H62Cl2N10O7. The minimum absolute atomic E-state index is 0. The number of hydrogen-bond donors (Lipinski definition) is 0. The van der Waals surface area contributed by atoms with Crippen LogP contribution in [0.4, 0.5) is 11.9 Å². The topological polar surface area (TPSA) is 189 Å². The molecule has 6 aliphatic rings. The number of carbonyl (C=O) groups excluding carboxylic acids is 4. The molecule has 2 spiro atoms. The van der Waals surface area contributed by atoms with Crippen molar-refractivity contribution in [3.05, 3.63) is 36.9 Å². The second-order valence-electron chi connectivity index (χ2n) is 16.4. The fourth-order valence-electron chi connectivity index (χ4n) is 9.36. The molecule has 17 nitrogen and oxygen atoms in total. The van der Waals surface area contributed by atoms with Gasteiger partial charge in [-0.1, -0.05) is 25.7 Å². The first-order chi connectivity index (χ1) is 27.3. The molecule has 2 aliphatic carbocycles. The van der Waals surface area contributed by atoms with Crippen LogP contribution in [-0.2, 0) is 28.9 Å². The number of rotatable bonds is 12. The van der Waals surface area contributed by atoms with Gasteiger partial charge in [-0.15, -0.1) is 24.8 Å². The Balaban J connectivity index is 0.000000248. The quantitative estimate of drug-likeness (QED) is 0.223. The van der Waals surface area contributed by atoms with Gasteiger partial charge in [-0.05, 0) is 61.5 Å². The standard InChI is InChI=1S/2C20H29N5O3.2ClH.H2O/c2*26-17-15-20(5-1-2-6-20)16-18(27)25(17)28-14-4-9-23-10-12-24(13-11-23)19-21-7-3-8-22-19;;;/h2*3,7-8H,1-2,4-6,9-16H2;2*1H;1H2.